The lowest BCUT2D eigenvalue weighted by Crippen LogP contribution is -2.42. The summed E-state index contributed by atoms with van der Waals surface area (Å²) >= 11 is 0. The molecule has 1 heterocycles. The van der Waals surface area contributed by atoms with E-state index in [0.717, 1.165) is 32.4 Å². The van der Waals surface area contributed by atoms with Crippen molar-refractivity contribution in [1.29, 1.82) is 0 Å². The van der Waals surface area contributed by atoms with Crippen molar-refractivity contribution in [3.05, 3.63) is 34.9 Å². The summed E-state index contributed by atoms with van der Waals surface area (Å²) in [6, 6.07) is 6.61. The van der Waals surface area contributed by atoms with Gasteiger partial charge in [-0.3, -0.25) is 4.79 Å². The largest absolute Gasteiger partial charge is 0.349 e. The van der Waals surface area contributed by atoms with E-state index in [2.05, 4.69) is 56.2 Å². The molecule has 3 nitrogen and oxygen atoms in total. The number of carbonyl (C=O) groups excluding carboxylic acids is 1. The second-order valence-corrected chi connectivity index (χ2v) is 6.43. The number of likely N-dealkylation sites (tertiary alicyclic amines) is 1. The number of aryl methyl sites for hydroxylation is 2. The van der Waals surface area contributed by atoms with Crippen LogP contribution in [-0.4, -0.2) is 30.9 Å². The Morgan fingerprint density at radius 1 is 1.43 bits per heavy atom. The summed E-state index contributed by atoms with van der Waals surface area (Å²) in [5.41, 5.74) is 3.79. The molecule has 0 bridgehead atoms. The Bertz CT molecular complexity index is 498. The molecule has 116 valence electrons. The van der Waals surface area contributed by atoms with Crippen molar-refractivity contribution in [2.75, 3.05) is 20.1 Å². The summed E-state index contributed by atoms with van der Waals surface area (Å²) in [4.78, 5) is 14.8. The zero-order chi connectivity index (χ0) is 15.4. The molecule has 1 aliphatic rings. The molecule has 1 aliphatic heterocycles. The Balaban J connectivity index is 2.06. The average molecular weight is 288 g/mol. The number of carbonyl (C=O) groups is 1. The highest BCUT2D eigenvalue weighted by Crippen LogP contribution is 2.23. The molecule has 1 N–H and O–H groups in total. The summed E-state index contributed by atoms with van der Waals surface area (Å²) in [7, 11) is 2.10. The van der Waals surface area contributed by atoms with Crippen molar-refractivity contribution in [3.8, 4) is 0 Å². The number of amides is 1. The van der Waals surface area contributed by atoms with Crippen LogP contribution in [0.3, 0.4) is 0 Å². The predicted molar refractivity (Wildman–Crippen MR) is 87.3 cm³/mol. The van der Waals surface area contributed by atoms with Crippen LogP contribution in [0.25, 0.3) is 0 Å². The Morgan fingerprint density at radius 2 is 2.19 bits per heavy atom. The quantitative estimate of drug-likeness (QED) is 0.922. The first-order chi connectivity index (χ1) is 10.0. The normalized spacial score (nSPS) is 21.0. The van der Waals surface area contributed by atoms with Gasteiger partial charge in [0, 0.05) is 6.54 Å². The molecule has 1 aromatic rings. The first-order valence-electron chi connectivity index (χ1n) is 8.07. The average Bonchev–Trinajstić information content (AvgIpc) is 2.45. The second-order valence-electron chi connectivity index (χ2n) is 6.43. The number of nitrogens with one attached hydrogen (secondary N) is 1. The Morgan fingerprint density at radius 3 is 2.81 bits per heavy atom. The standard InChI is InChI=1S/C18H28N2O/c1-5-17(16-9-8-13(2)11-14(16)3)19-18(21)15-7-6-10-20(4)12-15/h8-9,11,15,17H,5-7,10,12H2,1-4H3,(H,19,21)/t15-,17-/m0/s1. The van der Waals surface area contributed by atoms with Crippen molar-refractivity contribution >= 4 is 5.91 Å². The van der Waals surface area contributed by atoms with Crippen LogP contribution in [-0.2, 0) is 4.79 Å². The van der Waals surface area contributed by atoms with Gasteiger partial charge in [-0.1, -0.05) is 30.7 Å². The fraction of sp³-hybridized carbons (Fsp3) is 0.611. The van der Waals surface area contributed by atoms with Crippen LogP contribution in [0.1, 0.15) is 48.9 Å². The van der Waals surface area contributed by atoms with Gasteiger partial charge in [0.25, 0.3) is 0 Å². The van der Waals surface area contributed by atoms with Gasteiger partial charge in [-0.25, -0.2) is 0 Å². The van der Waals surface area contributed by atoms with E-state index >= 15 is 0 Å². The lowest BCUT2D eigenvalue weighted by Gasteiger charge is -2.30. The fourth-order valence-electron chi connectivity index (χ4n) is 3.29. The van der Waals surface area contributed by atoms with E-state index in [4.69, 9.17) is 0 Å². The molecular formula is C18H28N2O. The Kier molecular flexibility index (Phi) is 5.40. The first-order valence-corrected chi connectivity index (χ1v) is 8.07. The van der Waals surface area contributed by atoms with Gasteiger partial charge >= 0.3 is 0 Å². The smallest absolute Gasteiger partial charge is 0.224 e. The highest BCUT2D eigenvalue weighted by molar-refractivity contribution is 5.79. The summed E-state index contributed by atoms with van der Waals surface area (Å²) in [6.07, 6.45) is 3.06. The molecule has 21 heavy (non-hydrogen) atoms. The highest BCUT2D eigenvalue weighted by atomic mass is 16.2. The van der Waals surface area contributed by atoms with Crippen molar-refractivity contribution in [1.82, 2.24) is 10.2 Å². The molecular weight excluding hydrogens is 260 g/mol. The predicted octanol–water partition coefficient (Wildman–Crippen LogP) is 3.21. The number of hydrogen-bond donors (Lipinski definition) is 1. The van der Waals surface area contributed by atoms with E-state index in [1.807, 2.05) is 0 Å². The van der Waals surface area contributed by atoms with E-state index in [9.17, 15) is 4.79 Å². The van der Waals surface area contributed by atoms with Crippen LogP contribution < -0.4 is 5.32 Å². The highest BCUT2D eigenvalue weighted by Gasteiger charge is 2.26. The third kappa shape index (κ3) is 4.07. The van der Waals surface area contributed by atoms with Crippen LogP contribution >= 0.6 is 0 Å². The lowest BCUT2D eigenvalue weighted by molar-refractivity contribution is -0.127. The van der Waals surface area contributed by atoms with Gasteiger partial charge in [-0.05, 0) is 57.8 Å². The molecule has 2 rings (SSSR count). The third-order valence-corrected chi connectivity index (χ3v) is 4.52. The van der Waals surface area contributed by atoms with Gasteiger partial charge < -0.3 is 10.2 Å². The van der Waals surface area contributed by atoms with E-state index in [-0.39, 0.29) is 17.9 Å². The van der Waals surface area contributed by atoms with E-state index in [1.165, 1.54) is 16.7 Å². The minimum absolute atomic E-state index is 0.130. The van der Waals surface area contributed by atoms with Gasteiger partial charge in [0.1, 0.15) is 0 Å². The minimum Gasteiger partial charge on any atom is -0.349 e. The maximum atomic E-state index is 12.5. The molecule has 1 amide bonds. The number of rotatable bonds is 4. The van der Waals surface area contributed by atoms with Gasteiger partial charge in [0.15, 0.2) is 0 Å². The van der Waals surface area contributed by atoms with Crippen LogP contribution in [0.2, 0.25) is 0 Å². The van der Waals surface area contributed by atoms with E-state index in [1.54, 1.807) is 0 Å². The Hall–Kier alpha value is -1.35. The van der Waals surface area contributed by atoms with Crippen molar-refractivity contribution in [2.45, 2.75) is 46.1 Å². The third-order valence-electron chi connectivity index (χ3n) is 4.52. The van der Waals surface area contributed by atoms with Crippen LogP contribution in [0, 0.1) is 19.8 Å². The molecule has 2 atom stereocenters. The maximum absolute atomic E-state index is 12.5. The molecule has 0 radical (unpaired) electrons. The minimum atomic E-state index is 0.130. The summed E-state index contributed by atoms with van der Waals surface area (Å²) in [5.74, 6) is 0.358. The van der Waals surface area contributed by atoms with Crippen molar-refractivity contribution < 1.29 is 4.79 Å². The van der Waals surface area contributed by atoms with Crippen LogP contribution in [0.15, 0.2) is 18.2 Å². The van der Waals surface area contributed by atoms with Gasteiger partial charge in [-0.2, -0.15) is 0 Å². The number of hydrogen-bond acceptors (Lipinski definition) is 2. The second kappa shape index (κ2) is 7.08. The number of piperidine rings is 1. The lowest BCUT2D eigenvalue weighted by atomic mass is 9.94. The van der Waals surface area contributed by atoms with Crippen LogP contribution in [0.5, 0.6) is 0 Å². The zero-order valence-electron chi connectivity index (χ0n) is 13.8. The monoisotopic (exact) mass is 288 g/mol. The molecule has 0 spiro atoms. The molecule has 0 unspecified atom stereocenters. The van der Waals surface area contributed by atoms with Crippen molar-refractivity contribution in [3.63, 3.8) is 0 Å². The fourth-order valence-corrected chi connectivity index (χ4v) is 3.29. The van der Waals surface area contributed by atoms with Crippen molar-refractivity contribution in [2.24, 2.45) is 5.92 Å². The molecule has 3 heteroatoms. The van der Waals surface area contributed by atoms with Crippen LogP contribution in [0.4, 0.5) is 0 Å². The van der Waals surface area contributed by atoms with E-state index < -0.39 is 0 Å². The molecule has 0 saturated carbocycles. The number of nitrogens with zero attached hydrogens (tertiary/aromatic N) is 1. The Labute approximate surface area is 128 Å². The summed E-state index contributed by atoms with van der Waals surface area (Å²) in [6.45, 7) is 8.37. The molecule has 0 aliphatic carbocycles. The molecule has 1 saturated heterocycles. The number of benzene rings is 1. The van der Waals surface area contributed by atoms with E-state index in [0.29, 0.717) is 0 Å². The van der Waals surface area contributed by atoms with Gasteiger partial charge in [0.05, 0.1) is 12.0 Å². The topological polar surface area (TPSA) is 32.3 Å². The molecule has 1 aromatic carbocycles. The van der Waals surface area contributed by atoms with Gasteiger partial charge in [-0.15, -0.1) is 0 Å². The summed E-state index contributed by atoms with van der Waals surface area (Å²) in [5, 5.41) is 3.27. The summed E-state index contributed by atoms with van der Waals surface area (Å²) < 4.78 is 0. The maximum Gasteiger partial charge on any atom is 0.224 e. The first kappa shape index (κ1) is 16.0. The zero-order valence-corrected chi connectivity index (χ0v) is 13.8. The molecule has 1 fully saturated rings. The SMILES string of the molecule is CC[C@H](NC(=O)[C@H]1CCCN(C)C1)c1ccc(C)cc1C. The van der Waals surface area contributed by atoms with Gasteiger partial charge in [0.2, 0.25) is 5.91 Å². The molecule has 0 aromatic heterocycles.